The molecule has 0 aliphatic carbocycles. The van der Waals surface area contributed by atoms with Crippen molar-refractivity contribution in [2.45, 2.75) is 32.5 Å². The van der Waals surface area contributed by atoms with Crippen LogP contribution in [0.5, 0.6) is 0 Å². The highest BCUT2D eigenvalue weighted by Gasteiger charge is 2.32. The van der Waals surface area contributed by atoms with E-state index >= 15 is 0 Å². The van der Waals surface area contributed by atoms with Gasteiger partial charge < -0.3 is 25.0 Å². The Morgan fingerprint density at radius 3 is 2.07 bits per heavy atom. The molecule has 1 aliphatic heterocycles. The van der Waals surface area contributed by atoms with Crippen molar-refractivity contribution < 1.29 is 37.4 Å². The monoisotopic (exact) mass is 417 g/mol. The van der Waals surface area contributed by atoms with Gasteiger partial charge in [-0.05, 0) is 39.0 Å². The standard InChI is InChI=1S/C18H22F3N3O5/c1-17(2,3)29-16(28)24-8-6-23(7-9-24)15(27)22-13-5-4-11(18(19,20)21)10-12(13)14(25)26/h4-5,10H,6-9H2,1-3H3,(H,22,27)(H,25,26). The summed E-state index contributed by atoms with van der Waals surface area (Å²) in [7, 11) is 0. The number of hydrogen-bond donors (Lipinski definition) is 2. The summed E-state index contributed by atoms with van der Waals surface area (Å²) in [6.07, 6.45) is -5.21. The zero-order chi connectivity index (χ0) is 22.0. The smallest absolute Gasteiger partial charge is 0.416 e. The van der Waals surface area contributed by atoms with E-state index in [1.54, 1.807) is 20.8 Å². The Labute approximate surface area is 165 Å². The Balaban J connectivity index is 2.03. The maximum atomic E-state index is 12.8. The zero-order valence-corrected chi connectivity index (χ0v) is 16.2. The molecule has 0 aromatic heterocycles. The number of carboxylic acid groups (broad SMARTS) is 1. The lowest BCUT2D eigenvalue weighted by atomic mass is 10.1. The summed E-state index contributed by atoms with van der Waals surface area (Å²) >= 11 is 0. The highest BCUT2D eigenvalue weighted by Crippen LogP contribution is 2.32. The largest absolute Gasteiger partial charge is 0.478 e. The molecule has 0 radical (unpaired) electrons. The van der Waals surface area contributed by atoms with E-state index in [-0.39, 0.29) is 31.9 Å². The molecular formula is C18H22F3N3O5. The molecule has 2 rings (SSSR count). The van der Waals surface area contributed by atoms with Gasteiger partial charge >= 0.3 is 24.3 Å². The van der Waals surface area contributed by atoms with Crippen LogP contribution in [0, 0.1) is 0 Å². The molecule has 0 spiro atoms. The molecule has 160 valence electrons. The summed E-state index contributed by atoms with van der Waals surface area (Å²) in [5, 5.41) is 11.5. The van der Waals surface area contributed by atoms with Crippen LogP contribution in [0.3, 0.4) is 0 Å². The molecule has 8 nitrogen and oxygen atoms in total. The van der Waals surface area contributed by atoms with E-state index in [0.717, 1.165) is 6.07 Å². The minimum Gasteiger partial charge on any atom is -0.478 e. The van der Waals surface area contributed by atoms with Crippen LogP contribution in [0.1, 0.15) is 36.7 Å². The number of amides is 3. The van der Waals surface area contributed by atoms with Crippen LogP contribution in [-0.2, 0) is 10.9 Å². The second-order valence-electron chi connectivity index (χ2n) is 7.45. The van der Waals surface area contributed by atoms with Crippen LogP contribution in [0.15, 0.2) is 18.2 Å². The first kappa shape index (κ1) is 22.3. The fourth-order valence-corrected chi connectivity index (χ4v) is 2.62. The Kier molecular flexibility index (Phi) is 6.29. The molecule has 0 unspecified atom stereocenters. The second-order valence-corrected chi connectivity index (χ2v) is 7.45. The number of alkyl halides is 3. The molecule has 1 heterocycles. The molecule has 29 heavy (non-hydrogen) atoms. The minimum absolute atomic E-state index is 0.161. The van der Waals surface area contributed by atoms with E-state index in [9.17, 15) is 32.7 Å². The summed E-state index contributed by atoms with van der Waals surface area (Å²) in [6.45, 7) is 5.95. The van der Waals surface area contributed by atoms with Gasteiger partial charge in [0.1, 0.15) is 5.60 Å². The number of benzene rings is 1. The minimum atomic E-state index is -4.70. The van der Waals surface area contributed by atoms with Gasteiger partial charge in [-0.15, -0.1) is 0 Å². The highest BCUT2D eigenvalue weighted by atomic mass is 19.4. The predicted molar refractivity (Wildman–Crippen MR) is 96.8 cm³/mol. The molecule has 1 fully saturated rings. The topological polar surface area (TPSA) is 99.2 Å². The first-order valence-electron chi connectivity index (χ1n) is 8.76. The Morgan fingerprint density at radius 1 is 1.03 bits per heavy atom. The van der Waals surface area contributed by atoms with Crippen LogP contribution < -0.4 is 5.32 Å². The number of carbonyl (C=O) groups excluding carboxylic acids is 2. The van der Waals surface area contributed by atoms with Crippen LogP contribution in [0.2, 0.25) is 0 Å². The van der Waals surface area contributed by atoms with E-state index in [0.29, 0.717) is 12.1 Å². The quantitative estimate of drug-likeness (QED) is 0.768. The molecule has 1 aromatic rings. The summed E-state index contributed by atoms with van der Waals surface area (Å²) in [5.74, 6) is -1.60. The SMILES string of the molecule is CC(C)(C)OC(=O)N1CCN(C(=O)Nc2ccc(C(F)(F)F)cc2C(=O)O)CC1. The predicted octanol–water partition coefficient (Wildman–Crippen LogP) is 3.49. The fraction of sp³-hybridized carbons (Fsp3) is 0.500. The van der Waals surface area contributed by atoms with Crippen molar-refractivity contribution in [3.63, 3.8) is 0 Å². The Morgan fingerprint density at radius 2 is 1.59 bits per heavy atom. The number of rotatable bonds is 2. The summed E-state index contributed by atoms with van der Waals surface area (Å²) in [6, 6.07) is 1.40. The number of halogens is 3. The third kappa shape index (κ3) is 6.00. The van der Waals surface area contributed by atoms with Crippen molar-refractivity contribution in [1.82, 2.24) is 9.80 Å². The second kappa shape index (κ2) is 8.18. The molecule has 0 saturated carbocycles. The number of piperazine rings is 1. The number of nitrogens with zero attached hydrogens (tertiary/aromatic N) is 2. The Hall–Kier alpha value is -2.98. The van der Waals surface area contributed by atoms with Gasteiger partial charge in [-0.1, -0.05) is 0 Å². The van der Waals surface area contributed by atoms with Gasteiger partial charge in [-0.25, -0.2) is 14.4 Å². The van der Waals surface area contributed by atoms with Gasteiger partial charge in [0.2, 0.25) is 0 Å². The van der Waals surface area contributed by atoms with E-state index in [2.05, 4.69) is 5.32 Å². The van der Waals surface area contributed by atoms with Crippen molar-refractivity contribution in [3.05, 3.63) is 29.3 Å². The molecular weight excluding hydrogens is 395 g/mol. The summed E-state index contributed by atoms with van der Waals surface area (Å²) < 4.78 is 43.6. The number of carbonyl (C=O) groups is 3. The Bertz CT molecular complexity index is 797. The lowest BCUT2D eigenvalue weighted by molar-refractivity contribution is -0.137. The van der Waals surface area contributed by atoms with Crippen LogP contribution >= 0.6 is 0 Å². The third-order valence-corrected chi connectivity index (χ3v) is 4.04. The van der Waals surface area contributed by atoms with Gasteiger partial charge in [0, 0.05) is 26.2 Å². The average molecular weight is 417 g/mol. The zero-order valence-electron chi connectivity index (χ0n) is 16.2. The van der Waals surface area contributed by atoms with E-state index in [1.807, 2.05) is 0 Å². The number of carboxylic acids is 1. The van der Waals surface area contributed by atoms with Crippen molar-refractivity contribution in [3.8, 4) is 0 Å². The molecule has 2 N–H and O–H groups in total. The molecule has 1 saturated heterocycles. The lowest BCUT2D eigenvalue weighted by Gasteiger charge is -2.35. The van der Waals surface area contributed by atoms with E-state index in [1.165, 1.54) is 9.80 Å². The first-order valence-corrected chi connectivity index (χ1v) is 8.76. The van der Waals surface area contributed by atoms with Crippen molar-refractivity contribution in [1.29, 1.82) is 0 Å². The van der Waals surface area contributed by atoms with Gasteiger partial charge in [-0.2, -0.15) is 13.2 Å². The molecule has 1 aliphatic rings. The summed E-state index contributed by atoms with van der Waals surface area (Å²) in [5.41, 5.74) is -2.69. The first-order chi connectivity index (χ1) is 13.3. The van der Waals surface area contributed by atoms with E-state index < -0.39 is 41.0 Å². The van der Waals surface area contributed by atoms with Crippen LogP contribution in [0.4, 0.5) is 28.4 Å². The maximum absolute atomic E-state index is 12.8. The van der Waals surface area contributed by atoms with Gasteiger partial charge in [0.25, 0.3) is 0 Å². The fourth-order valence-electron chi connectivity index (χ4n) is 2.62. The van der Waals surface area contributed by atoms with Crippen molar-refractivity contribution in [2.75, 3.05) is 31.5 Å². The number of hydrogen-bond acceptors (Lipinski definition) is 4. The summed E-state index contributed by atoms with van der Waals surface area (Å²) in [4.78, 5) is 38.5. The number of nitrogens with one attached hydrogen (secondary N) is 1. The number of anilines is 1. The van der Waals surface area contributed by atoms with Crippen LogP contribution in [-0.4, -0.2) is 64.8 Å². The highest BCUT2D eigenvalue weighted by molar-refractivity contribution is 6.00. The third-order valence-electron chi connectivity index (χ3n) is 4.04. The maximum Gasteiger partial charge on any atom is 0.416 e. The van der Waals surface area contributed by atoms with Gasteiger partial charge in [0.15, 0.2) is 0 Å². The molecule has 11 heteroatoms. The van der Waals surface area contributed by atoms with Crippen LogP contribution in [0.25, 0.3) is 0 Å². The van der Waals surface area contributed by atoms with Crippen molar-refractivity contribution in [2.24, 2.45) is 0 Å². The van der Waals surface area contributed by atoms with Gasteiger partial charge in [-0.3, -0.25) is 0 Å². The average Bonchev–Trinajstić information content (AvgIpc) is 2.59. The molecule has 3 amide bonds. The normalized spacial score (nSPS) is 15.1. The molecule has 0 atom stereocenters. The molecule has 0 bridgehead atoms. The molecule has 1 aromatic carbocycles. The number of aromatic carboxylic acids is 1. The lowest BCUT2D eigenvalue weighted by Crippen LogP contribution is -2.52. The number of ether oxygens (including phenoxy) is 1. The van der Waals surface area contributed by atoms with E-state index in [4.69, 9.17) is 4.74 Å². The van der Waals surface area contributed by atoms with Gasteiger partial charge in [0.05, 0.1) is 16.8 Å². The number of urea groups is 1. The van der Waals surface area contributed by atoms with Crippen molar-refractivity contribution >= 4 is 23.8 Å².